The average Bonchev–Trinajstić information content (AvgIpc) is 2.27. The van der Waals surface area contributed by atoms with Gasteiger partial charge in [-0.15, -0.1) is 0 Å². The van der Waals surface area contributed by atoms with Gasteiger partial charge in [0.1, 0.15) is 0 Å². The van der Waals surface area contributed by atoms with E-state index in [9.17, 15) is 9.59 Å². The lowest BCUT2D eigenvalue weighted by atomic mass is 9.92. The monoisotopic (exact) mass is 208 g/mol. The summed E-state index contributed by atoms with van der Waals surface area (Å²) in [5.74, 6) is -1.08. The summed E-state index contributed by atoms with van der Waals surface area (Å²) in [4.78, 5) is 26.8. The highest BCUT2D eigenvalue weighted by molar-refractivity contribution is 5.82. The van der Waals surface area contributed by atoms with Crippen molar-refractivity contribution in [3.8, 4) is 0 Å². The zero-order chi connectivity index (χ0) is 11.5. The second-order valence-electron chi connectivity index (χ2n) is 3.33. The molecule has 15 heavy (non-hydrogen) atoms. The van der Waals surface area contributed by atoms with Gasteiger partial charge in [-0.25, -0.2) is 4.79 Å². The van der Waals surface area contributed by atoms with Crippen LogP contribution >= 0.6 is 0 Å². The van der Waals surface area contributed by atoms with Crippen LogP contribution in [0.2, 0.25) is 0 Å². The highest BCUT2D eigenvalue weighted by Crippen LogP contribution is 2.25. The molecule has 0 aromatic carbocycles. The number of aliphatic carboxylic acids is 1. The van der Waals surface area contributed by atoms with E-state index in [2.05, 4.69) is 4.98 Å². The Hall–Kier alpha value is -1.91. The van der Waals surface area contributed by atoms with Crippen molar-refractivity contribution in [3.63, 3.8) is 0 Å². The van der Waals surface area contributed by atoms with E-state index in [1.165, 1.54) is 26.4 Å². The molecule has 5 heteroatoms. The quantitative estimate of drug-likeness (QED) is 0.730. The molecule has 1 N–H and O–H groups in total. The molecule has 1 amide bonds. The number of nitrogens with zero attached hydrogens (tertiary/aromatic N) is 2. The summed E-state index contributed by atoms with van der Waals surface area (Å²) in [7, 11) is 1.43. The number of likely N-dealkylation sites (N-methyl/N-ethyl adjacent to an activating group) is 1. The SMILES string of the molecule is CN(C=O)C(C)(C(=O)O)c1ccncc1. The number of hydrogen-bond acceptors (Lipinski definition) is 3. The van der Waals surface area contributed by atoms with Crippen LogP contribution in [-0.4, -0.2) is 34.4 Å². The molecule has 1 aromatic rings. The van der Waals surface area contributed by atoms with Gasteiger partial charge in [0.05, 0.1) is 0 Å². The fourth-order valence-electron chi connectivity index (χ4n) is 1.26. The molecule has 1 heterocycles. The maximum absolute atomic E-state index is 11.2. The van der Waals surface area contributed by atoms with E-state index in [-0.39, 0.29) is 0 Å². The lowest BCUT2D eigenvalue weighted by Crippen LogP contribution is -2.47. The van der Waals surface area contributed by atoms with Gasteiger partial charge in [-0.05, 0) is 24.6 Å². The summed E-state index contributed by atoms with van der Waals surface area (Å²) in [6, 6.07) is 3.16. The molecule has 0 aliphatic carbocycles. The number of amides is 1. The van der Waals surface area contributed by atoms with E-state index >= 15 is 0 Å². The summed E-state index contributed by atoms with van der Waals surface area (Å²) < 4.78 is 0. The predicted octanol–water partition coefficient (Wildman–Crippen LogP) is 0.470. The zero-order valence-electron chi connectivity index (χ0n) is 8.54. The minimum Gasteiger partial charge on any atom is -0.479 e. The maximum Gasteiger partial charge on any atom is 0.334 e. The van der Waals surface area contributed by atoms with Crippen LogP contribution in [0.25, 0.3) is 0 Å². The van der Waals surface area contributed by atoms with Crippen LogP contribution < -0.4 is 0 Å². The van der Waals surface area contributed by atoms with Crippen molar-refractivity contribution < 1.29 is 14.7 Å². The van der Waals surface area contributed by atoms with Gasteiger partial charge in [-0.2, -0.15) is 0 Å². The number of rotatable bonds is 4. The smallest absolute Gasteiger partial charge is 0.334 e. The molecule has 1 unspecified atom stereocenters. The zero-order valence-corrected chi connectivity index (χ0v) is 8.54. The predicted molar refractivity (Wildman–Crippen MR) is 53.1 cm³/mol. The van der Waals surface area contributed by atoms with Crippen molar-refractivity contribution in [2.75, 3.05) is 7.05 Å². The fraction of sp³-hybridized carbons (Fsp3) is 0.300. The fourth-order valence-corrected chi connectivity index (χ4v) is 1.26. The molecule has 1 aromatic heterocycles. The van der Waals surface area contributed by atoms with Crippen LogP contribution in [0.5, 0.6) is 0 Å². The largest absolute Gasteiger partial charge is 0.479 e. The van der Waals surface area contributed by atoms with E-state index in [4.69, 9.17) is 5.11 Å². The molecule has 0 saturated carbocycles. The summed E-state index contributed by atoms with van der Waals surface area (Å²) in [5.41, 5.74) is -0.843. The van der Waals surface area contributed by atoms with Gasteiger partial charge in [-0.3, -0.25) is 9.78 Å². The average molecular weight is 208 g/mol. The van der Waals surface area contributed by atoms with Crippen molar-refractivity contribution in [1.82, 2.24) is 9.88 Å². The summed E-state index contributed by atoms with van der Waals surface area (Å²) in [6.07, 6.45) is 3.49. The third-order valence-electron chi connectivity index (χ3n) is 2.52. The van der Waals surface area contributed by atoms with Crippen LogP contribution in [0, 0.1) is 0 Å². The maximum atomic E-state index is 11.2. The minimum atomic E-state index is -1.36. The Morgan fingerprint density at radius 2 is 2.07 bits per heavy atom. The normalized spacial score (nSPS) is 14.0. The highest BCUT2D eigenvalue weighted by Gasteiger charge is 2.39. The van der Waals surface area contributed by atoms with Crippen LogP contribution in [0.3, 0.4) is 0 Å². The molecule has 0 spiro atoms. The Bertz CT molecular complexity index is 366. The van der Waals surface area contributed by atoms with Crippen molar-refractivity contribution >= 4 is 12.4 Å². The van der Waals surface area contributed by atoms with Gasteiger partial charge < -0.3 is 10.0 Å². The number of hydrogen-bond donors (Lipinski definition) is 1. The molecule has 0 radical (unpaired) electrons. The first-order chi connectivity index (χ1) is 7.03. The molecule has 0 aliphatic rings. The number of carbonyl (C=O) groups excluding carboxylic acids is 1. The molecule has 1 atom stereocenters. The summed E-state index contributed by atoms with van der Waals surface area (Å²) >= 11 is 0. The Morgan fingerprint density at radius 3 is 2.47 bits per heavy atom. The van der Waals surface area contributed by atoms with Crippen molar-refractivity contribution in [2.45, 2.75) is 12.5 Å². The lowest BCUT2D eigenvalue weighted by Gasteiger charge is -2.32. The number of carbonyl (C=O) groups is 2. The van der Waals surface area contributed by atoms with Crippen LogP contribution in [0.4, 0.5) is 0 Å². The number of carboxylic acid groups (broad SMARTS) is 1. The van der Waals surface area contributed by atoms with Crippen LogP contribution in [0.15, 0.2) is 24.5 Å². The van der Waals surface area contributed by atoms with Gasteiger partial charge in [0.2, 0.25) is 6.41 Å². The Kier molecular flexibility index (Phi) is 3.04. The first-order valence-corrected chi connectivity index (χ1v) is 4.35. The Labute approximate surface area is 87.4 Å². The van der Waals surface area contributed by atoms with Crippen molar-refractivity contribution in [3.05, 3.63) is 30.1 Å². The molecule has 1 rings (SSSR count). The van der Waals surface area contributed by atoms with E-state index in [0.29, 0.717) is 12.0 Å². The minimum absolute atomic E-state index is 0.495. The topological polar surface area (TPSA) is 70.5 Å². The molecule has 0 saturated heterocycles. The molecule has 5 nitrogen and oxygen atoms in total. The molecular formula is C10H12N2O3. The highest BCUT2D eigenvalue weighted by atomic mass is 16.4. The molecule has 0 bridgehead atoms. The number of pyridine rings is 1. The molecule has 0 fully saturated rings. The van der Waals surface area contributed by atoms with Gasteiger partial charge >= 0.3 is 5.97 Å². The van der Waals surface area contributed by atoms with E-state index in [1.807, 2.05) is 0 Å². The van der Waals surface area contributed by atoms with E-state index in [1.54, 1.807) is 12.1 Å². The van der Waals surface area contributed by atoms with Crippen molar-refractivity contribution in [2.24, 2.45) is 0 Å². The lowest BCUT2D eigenvalue weighted by molar-refractivity contribution is -0.153. The van der Waals surface area contributed by atoms with Crippen LogP contribution in [0.1, 0.15) is 12.5 Å². The van der Waals surface area contributed by atoms with Crippen molar-refractivity contribution in [1.29, 1.82) is 0 Å². The van der Waals surface area contributed by atoms with Gasteiger partial charge in [-0.1, -0.05) is 0 Å². The first kappa shape index (κ1) is 11.2. The van der Waals surface area contributed by atoms with Gasteiger partial charge in [0.15, 0.2) is 5.54 Å². The van der Waals surface area contributed by atoms with E-state index in [0.717, 1.165) is 4.90 Å². The summed E-state index contributed by atoms with van der Waals surface area (Å²) in [5, 5.41) is 9.17. The first-order valence-electron chi connectivity index (χ1n) is 4.35. The second kappa shape index (κ2) is 4.08. The Balaban J connectivity index is 3.24. The third-order valence-corrected chi connectivity index (χ3v) is 2.52. The van der Waals surface area contributed by atoms with E-state index < -0.39 is 11.5 Å². The third kappa shape index (κ3) is 1.81. The van der Waals surface area contributed by atoms with Gasteiger partial charge in [0, 0.05) is 19.4 Å². The summed E-state index contributed by atoms with van der Waals surface area (Å²) in [6.45, 7) is 1.47. The van der Waals surface area contributed by atoms with Gasteiger partial charge in [0.25, 0.3) is 0 Å². The number of aromatic nitrogens is 1. The molecular weight excluding hydrogens is 196 g/mol. The standard InChI is InChI=1S/C10H12N2O3/c1-10(9(14)15,12(2)7-13)8-3-5-11-6-4-8/h3-7H,1-2H3,(H,14,15). The Morgan fingerprint density at radius 1 is 1.53 bits per heavy atom. The number of carboxylic acids is 1. The molecule has 80 valence electrons. The molecule has 0 aliphatic heterocycles. The van der Waals surface area contributed by atoms with Crippen LogP contribution in [-0.2, 0) is 15.1 Å². The second-order valence-corrected chi connectivity index (χ2v) is 3.33.